The Morgan fingerprint density at radius 1 is 1.20 bits per heavy atom. The SMILES string of the molecule is CCC(CC)C(=O)N1CCN(c2ccc(-c3noc(C)n3)cn2)CC1. The molecule has 0 N–H and O–H groups in total. The molecule has 25 heavy (non-hydrogen) atoms. The minimum Gasteiger partial charge on any atom is -0.353 e. The van der Waals surface area contributed by atoms with E-state index in [1.165, 1.54) is 0 Å². The lowest BCUT2D eigenvalue weighted by Crippen LogP contribution is -2.50. The van der Waals surface area contributed by atoms with E-state index in [0.29, 0.717) is 17.6 Å². The fourth-order valence-electron chi connectivity index (χ4n) is 3.17. The summed E-state index contributed by atoms with van der Waals surface area (Å²) in [6.07, 6.45) is 3.59. The van der Waals surface area contributed by atoms with Gasteiger partial charge in [-0.25, -0.2) is 4.98 Å². The van der Waals surface area contributed by atoms with Crippen LogP contribution >= 0.6 is 0 Å². The molecule has 0 aliphatic carbocycles. The van der Waals surface area contributed by atoms with Crippen molar-refractivity contribution in [2.75, 3.05) is 31.1 Å². The van der Waals surface area contributed by atoms with E-state index < -0.39 is 0 Å². The van der Waals surface area contributed by atoms with Gasteiger partial charge in [0.2, 0.25) is 17.6 Å². The number of amides is 1. The number of hydrogen-bond acceptors (Lipinski definition) is 6. The Bertz CT molecular complexity index is 701. The Labute approximate surface area is 148 Å². The number of aromatic nitrogens is 3. The monoisotopic (exact) mass is 343 g/mol. The number of aryl methyl sites for hydroxylation is 1. The first kappa shape index (κ1) is 17.4. The molecular weight excluding hydrogens is 318 g/mol. The van der Waals surface area contributed by atoms with E-state index in [-0.39, 0.29) is 5.92 Å². The van der Waals surface area contributed by atoms with Crippen LogP contribution < -0.4 is 4.90 Å². The maximum absolute atomic E-state index is 12.5. The van der Waals surface area contributed by atoms with Crippen LogP contribution in [-0.2, 0) is 4.79 Å². The summed E-state index contributed by atoms with van der Waals surface area (Å²) in [5, 5.41) is 3.91. The highest BCUT2D eigenvalue weighted by Gasteiger charge is 2.25. The Hall–Kier alpha value is -2.44. The fourth-order valence-corrected chi connectivity index (χ4v) is 3.17. The molecule has 0 unspecified atom stereocenters. The number of nitrogens with zero attached hydrogens (tertiary/aromatic N) is 5. The standard InChI is InChI=1S/C18H25N5O2/c1-4-14(5-2)18(24)23-10-8-22(9-11-23)16-7-6-15(12-19-16)17-20-13(3)25-21-17/h6-7,12,14H,4-5,8-11H2,1-3H3. The van der Waals surface area contributed by atoms with E-state index in [2.05, 4.69) is 33.9 Å². The number of rotatable bonds is 5. The third-order valence-corrected chi connectivity index (χ3v) is 4.78. The average molecular weight is 343 g/mol. The maximum Gasteiger partial charge on any atom is 0.225 e. The first-order valence-electron chi connectivity index (χ1n) is 8.92. The highest BCUT2D eigenvalue weighted by molar-refractivity contribution is 5.79. The van der Waals surface area contributed by atoms with Crippen molar-refractivity contribution in [1.82, 2.24) is 20.0 Å². The second-order valence-electron chi connectivity index (χ2n) is 6.37. The molecule has 0 bridgehead atoms. The quantitative estimate of drug-likeness (QED) is 0.830. The van der Waals surface area contributed by atoms with Crippen molar-refractivity contribution in [3.05, 3.63) is 24.2 Å². The van der Waals surface area contributed by atoms with Crippen LogP contribution in [0.25, 0.3) is 11.4 Å². The van der Waals surface area contributed by atoms with Gasteiger partial charge in [0.1, 0.15) is 5.82 Å². The lowest BCUT2D eigenvalue weighted by atomic mass is 10.0. The minimum atomic E-state index is 0.155. The van der Waals surface area contributed by atoms with Gasteiger partial charge >= 0.3 is 0 Å². The van der Waals surface area contributed by atoms with Crippen molar-refractivity contribution >= 4 is 11.7 Å². The van der Waals surface area contributed by atoms with Gasteiger partial charge in [0.15, 0.2) is 0 Å². The van der Waals surface area contributed by atoms with Crippen molar-refractivity contribution in [1.29, 1.82) is 0 Å². The van der Waals surface area contributed by atoms with Gasteiger partial charge in [0, 0.05) is 50.8 Å². The van der Waals surface area contributed by atoms with Gasteiger partial charge in [-0.05, 0) is 25.0 Å². The number of carbonyl (C=O) groups excluding carboxylic acids is 1. The van der Waals surface area contributed by atoms with Gasteiger partial charge < -0.3 is 14.3 Å². The average Bonchev–Trinajstić information content (AvgIpc) is 3.09. The molecule has 1 amide bonds. The van der Waals surface area contributed by atoms with Crippen LogP contribution in [0.4, 0.5) is 5.82 Å². The Morgan fingerprint density at radius 2 is 1.92 bits per heavy atom. The number of pyridine rings is 1. The van der Waals surface area contributed by atoms with Crippen LogP contribution in [-0.4, -0.2) is 52.1 Å². The summed E-state index contributed by atoms with van der Waals surface area (Å²) in [7, 11) is 0. The molecule has 0 spiro atoms. The predicted molar refractivity (Wildman–Crippen MR) is 95.1 cm³/mol. The Balaban J connectivity index is 1.60. The lowest BCUT2D eigenvalue weighted by Gasteiger charge is -2.36. The largest absolute Gasteiger partial charge is 0.353 e. The van der Waals surface area contributed by atoms with Gasteiger partial charge in [0.25, 0.3) is 0 Å². The number of carbonyl (C=O) groups is 1. The zero-order chi connectivity index (χ0) is 17.8. The van der Waals surface area contributed by atoms with Crippen LogP contribution in [0.15, 0.2) is 22.9 Å². The normalized spacial score (nSPS) is 15.0. The molecule has 1 fully saturated rings. The fraction of sp³-hybridized carbons (Fsp3) is 0.556. The summed E-state index contributed by atoms with van der Waals surface area (Å²) >= 11 is 0. The maximum atomic E-state index is 12.5. The van der Waals surface area contributed by atoms with Gasteiger partial charge in [-0.1, -0.05) is 19.0 Å². The number of piperazine rings is 1. The highest BCUT2D eigenvalue weighted by Crippen LogP contribution is 2.20. The summed E-state index contributed by atoms with van der Waals surface area (Å²) < 4.78 is 5.00. The van der Waals surface area contributed by atoms with Crippen molar-refractivity contribution in [2.45, 2.75) is 33.6 Å². The molecule has 7 heteroatoms. The van der Waals surface area contributed by atoms with Crippen molar-refractivity contribution in [2.24, 2.45) is 5.92 Å². The first-order valence-corrected chi connectivity index (χ1v) is 8.92. The number of anilines is 1. The van der Waals surface area contributed by atoms with Gasteiger partial charge in [-0.2, -0.15) is 4.98 Å². The molecule has 1 aliphatic rings. The van der Waals surface area contributed by atoms with E-state index in [4.69, 9.17) is 4.52 Å². The zero-order valence-corrected chi connectivity index (χ0v) is 15.1. The second-order valence-corrected chi connectivity index (χ2v) is 6.37. The molecule has 0 aromatic carbocycles. The van der Waals surface area contributed by atoms with E-state index in [1.807, 2.05) is 17.0 Å². The van der Waals surface area contributed by atoms with Crippen LogP contribution in [0.2, 0.25) is 0 Å². The predicted octanol–water partition coefficient (Wildman–Crippen LogP) is 2.52. The van der Waals surface area contributed by atoms with Crippen LogP contribution in [0, 0.1) is 12.8 Å². The van der Waals surface area contributed by atoms with E-state index >= 15 is 0 Å². The third kappa shape index (κ3) is 3.81. The highest BCUT2D eigenvalue weighted by atomic mass is 16.5. The summed E-state index contributed by atoms with van der Waals surface area (Å²) in [6.45, 7) is 9.05. The third-order valence-electron chi connectivity index (χ3n) is 4.78. The smallest absolute Gasteiger partial charge is 0.225 e. The molecule has 0 atom stereocenters. The van der Waals surface area contributed by atoms with Gasteiger partial charge in [-0.3, -0.25) is 4.79 Å². The molecule has 0 saturated carbocycles. The first-order chi connectivity index (χ1) is 12.1. The van der Waals surface area contributed by atoms with E-state index in [0.717, 1.165) is 50.4 Å². The molecule has 2 aromatic rings. The summed E-state index contributed by atoms with van der Waals surface area (Å²) in [4.78, 5) is 25.4. The molecule has 2 aromatic heterocycles. The van der Waals surface area contributed by atoms with Crippen molar-refractivity contribution in [3.63, 3.8) is 0 Å². The van der Waals surface area contributed by atoms with Crippen molar-refractivity contribution in [3.8, 4) is 11.4 Å². The molecule has 3 heterocycles. The van der Waals surface area contributed by atoms with E-state index in [9.17, 15) is 4.79 Å². The summed E-state index contributed by atoms with van der Waals surface area (Å²) in [5.74, 6) is 2.45. The van der Waals surface area contributed by atoms with Crippen LogP contribution in [0.1, 0.15) is 32.6 Å². The molecule has 3 rings (SSSR count). The molecule has 7 nitrogen and oxygen atoms in total. The Morgan fingerprint density at radius 3 is 2.44 bits per heavy atom. The molecular formula is C18H25N5O2. The van der Waals surface area contributed by atoms with Gasteiger partial charge in [0.05, 0.1) is 0 Å². The van der Waals surface area contributed by atoms with E-state index in [1.54, 1.807) is 13.1 Å². The number of hydrogen-bond donors (Lipinski definition) is 0. The molecule has 134 valence electrons. The van der Waals surface area contributed by atoms with Crippen molar-refractivity contribution < 1.29 is 9.32 Å². The van der Waals surface area contributed by atoms with Gasteiger partial charge in [-0.15, -0.1) is 0 Å². The topological polar surface area (TPSA) is 75.4 Å². The molecule has 1 saturated heterocycles. The molecule has 0 radical (unpaired) electrons. The summed E-state index contributed by atoms with van der Waals surface area (Å²) in [6, 6.07) is 3.92. The van der Waals surface area contributed by atoms with Crippen LogP contribution in [0.3, 0.4) is 0 Å². The molecule has 1 aliphatic heterocycles. The lowest BCUT2D eigenvalue weighted by molar-refractivity contribution is -0.136. The minimum absolute atomic E-state index is 0.155. The summed E-state index contributed by atoms with van der Waals surface area (Å²) in [5.41, 5.74) is 0.836. The second kappa shape index (κ2) is 7.63. The zero-order valence-electron chi connectivity index (χ0n) is 15.1. The Kier molecular flexibility index (Phi) is 5.31. The van der Waals surface area contributed by atoms with Crippen LogP contribution in [0.5, 0.6) is 0 Å².